The summed E-state index contributed by atoms with van der Waals surface area (Å²) in [6.45, 7) is 10.1. The Labute approximate surface area is 214 Å². The van der Waals surface area contributed by atoms with E-state index in [1.807, 2.05) is 55.5 Å². The fraction of sp³-hybridized carbons (Fsp3) is 0.448. The molecule has 1 atom stereocenters. The Bertz CT molecular complexity index is 1130. The number of carboxylic acid groups (broad SMARTS) is 1. The Morgan fingerprint density at radius 1 is 1.14 bits per heavy atom. The standard InChI is InChI=1S/C29H36N2O5/c1-7-8-17-36-29(24-12-10-9-11-21(24)2)19-30(20-29)26(32)25(31(27(33)34)28(3,4)5)18-22-13-15-23(35-6)16-14-22/h9-16,25H,17-20H2,1-6H3,(H,33,34)/t25-/m1/s1. The summed E-state index contributed by atoms with van der Waals surface area (Å²) in [5.41, 5.74) is 1.50. The van der Waals surface area contributed by atoms with E-state index < -0.39 is 23.3 Å². The Kier molecular flexibility index (Phi) is 8.31. The third-order valence-corrected chi connectivity index (χ3v) is 6.55. The smallest absolute Gasteiger partial charge is 0.408 e. The zero-order valence-electron chi connectivity index (χ0n) is 22.0. The lowest BCUT2D eigenvalue weighted by molar-refractivity contribution is -0.174. The molecule has 1 aliphatic heterocycles. The van der Waals surface area contributed by atoms with Crippen LogP contribution in [-0.4, -0.2) is 65.3 Å². The predicted octanol–water partition coefficient (Wildman–Crippen LogP) is 4.47. The molecule has 2 amide bonds. The number of hydrogen-bond donors (Lipinski definition) is 1. The molecule has 0 bridgehead atoms. The van der Waals surface area contributed by atoms with Crippen molar-refractivity contribution in [1.29, 1.82) is 0 Å². The number of hydrogen-bond acceptors (Lipinski definition) is 4. The number of nitrogens with zero attached hydrogens (tertiary/aromatic N) is 2. The highest BCUT2D eigenvalue weighted by atomic mass is 16.5. The average Bonchev–Trinajstić information content (AvgIpc) is 2.80. The molecule has 36 heavy (non-hydrogen) atoms. The van der Waals surface area contributed by atoms with E-state index in [2.05, 4.69) is 11.8 Å². The van der Waals surface area contributed by atoms with Gasteiger partial charge in [0.05, 0.1) is 20.2 Å². The van der Waals surface area contributed by atoms with Crippen molar-refractivity contribution in [2.45, 2.75) is 58.2 Å². The minimum absolute atomic E-state index is 0.238. The molecule has 0 aromatic heterocycles. The molecule has 1 fully saturated rings. The summed E-state index contributed by atoms with van der Waals surface area (Å²) < 4.78 is 11.5. The number of benzene rings is 2. The number of ether oxygens (including phenoxy) is 2. The van der Waals surface area contributed by atoms with E-state index in [1.165, 1.54) is 4.90 Å². The predicted molar refractivity (Wildman–Crippen MR) is 139 cm³/mol. The minimum Gasteiger partial charge on any atom is -0.497 e. The van der Waals surface area contributed by atoms with Crippen molar-refractivity contribution in [2.24, 2.45) is 0 Å². The van der Waals surface area contributed by atoms with Gasteiger partial charge in [-0.3, -0.25) is 9.69 Å². The molecule has 2 aromatic carbocycles. The van der Waals surface area contributed by atoms with E-state index in [0.29, 0.717) is 18.8 Å². The first-order chi connectivity index (χ1) is 17.0. The van der Waals surface area contributed by atoms with Crippen LogP contribution in [-0.2, 0) is 21.6 Å². The highest BCUT2D eigenvalue weighted by Gasteiger charge is 2.51. The van der Waals surface area contributed by atoms with E-state index in [0.717, 1.165) is 16.7 Å². The van der Waals surface area contributed by atoms with Gasteiger partial charge in [-0.1, -0.05) is 42.3 Å². The van der Waals surface area contributed by atoms with Crippen LogP contribution in [0.2, 0.25) is 0 Å². The number of carbonyl (C=O) groups excluding carboxylic acids is 1. The molecule has 0 saturated carbocycles. The monoisotopic (exact) mass is 492 g/mol. The highest BCUT2D eigenvalue weighted by molar-refractivity contribution is 5.87. The van der Waals surface area contributed by atoms with Crippen LogP contribution in [0.3, 0.4) is 0 Å². The van der Waals surface area contributed by atoms with E-state index in [9.17, 15) is 14.7 Å². The van der Waals surface area contributed by atoms with Crippen molar-refractivity contribution < 1.29 is 24.2 Å². The van der Waals surface area contributed by atoms with Gasteiger partial charge in [-0.15, -0.1) is 5.92 Å². The molecule has 1 heterocycles. The molecule has 3 rings (SSSR count). The lowest BCUT2D eigenvalue weighted by Gasteiger charge is -2.52. The summed E-state index contributed by atoms with van der Waals surface area (Å²) in [5, 5.41) is 10.1. The number of rotatable bonds is 8. The Morgan fingerprint density at radius 3 is 2.31 bits per heavy atom. The quantitative estimate of drug-likeness (QED) is 0.550. The van der Waals surface area contributed by atoms with Gasteiger partial charge in [0.2, 0.25) is 5.91 Å². The van der Waals surface area contributed by atoms with Gasteiger partial charge >= 0.3 is 6.09 Å². The number of carbonyl (C=O) groups is 2. The van der Waals surface area contributed by atoms with E-state index in [-0.39, 0.29) is 18.9 Å². The molecule has 7 nitrogen and oxygen atoms in total. The second-order valence-electron chi connectivity index (χ2n) is 10.1. The molecule has 0 unspecified atom stereocenters. The van der Waals surface area contributed by atoms with Crippen LogP contribution >= 0.6 is 0 Å². The Balaban J connectivity index is 1.91. The molecule has 0 radical (unpaired) electrons. The fourth-order valence-electron chi connectivity index (χ4n) is 4.77. The van der Waals surface area contributed by atoms with E-state index in [1.54, 1.807) is 39.7 Å². The first-order valence-electron chi connectivity index (χ1n) is 12.1. The summed E-state index contributed by atoms with van der Waals surface area (Å²) in [4.78, 5) is 29.2. The van der Waals surface area contributed by atoms with Gasteiger partial charge in [0.1, 0.15) is 24.0 Å². The summed E-state index contributed by atoms with van der Waals surface area (Å²) in [6.07, 6.45) is -0.878. The van der Waals surface area contributed by atoms with Crippen LogP contribution in [0.5, 0.6) is 5.75 Å². The molecule has 192 valence electrons. The first-order valence-corrected chi connectivity index (χ1v) is 12.1. The summed E-state index contributed by atoms with van der Waals surface area (Å²) in [7, 11) is 1.59. The molecule has 1 aliphatic rings. The Morgan fingerprint density at radius 2 is 1.78 bits per heavy atom. The van der Waals surface area contributed by atoms with Crippen molar-refractivity contribution in [2.75, 3.05) is 26.8 Å². The van der Waals surface area contributed by atoms with Gasteiger partial charge in [0.25, 0.3) is 0 Å². The molecule has 0 aliphatic carbocycles. The minimum atomic E-state index is -1.13. The first kappa shape index (κ1) is 27.1. The van der Waals surface area contributed by atoms with Gasteiger partial charge in [-0.25, -0.2) is 4.79 Å². The average molecular weight is 493 g/mol. The molecule has 7 heteroatoms. The zero-order chi connectivity index (χ0) is 26.5. The summed E-state index contributed by atoms with van der Waals surface area (Å²) in [5.74, 6) is 6.26. The maximum atomic E-state index is 13.9. The normalized spacial score (nSPS) is 15.2. The third-order valence-electron chi connectivity index (χ3n) is 6.55. The van der Waals surface area contributed by atoms with Gasteiger partial charge in [0, 0.05) is 12.0 Å². The Hall–Kier alpha value is -3.50. The third kappa shape index (κ3) is 5.83. The summed E-state index contributed by atoms with van der Waals surface area (Å²) >= 11 is 0. The SMILES string of the molecule is CC#CCOC1(c2ccccc2C)CN(C(=O)[C@@H](Cc2ccc(OC)cc2)N(C(=O)O)C(C)(C)C)C1. The molecule has 1 saturated heterocycles. The van der Waals surface area contributed by atoms with Crippen molar-refractivity contribution in [1.82, 2.24) is 9.80 Å². The van der Waals surface area contributed by atoms with Crippen LogP contribution in [0.4, 0.5) is 4.79 Å². The van der Waals surface area contributed by atoms with Gasteiger partial charge < -0.3 is 19.5 Å². The second-order valence-corrected chi connectivity index (χ2v) is 10.1. The zero-order valence-corrected chi connectivity index (χ0v) is 22.0. The van der Waals surface area contributed by atoms with Crippen LogP contribution in [0, 0.1) is 18.8 Å². The van der Waals surface area contributed by atoms with Crippen LogP contribution in [0.1, 0.15) is 44.4 Å². The number of methoxy groups -OCH3 is 1. The molecular weight excluding hydrogens is 456 g/mol. The van der Waals surface area contributed by atoms with E-state index >= 15 is 0 Å². The number of aryl methyl sites for hydroxylation is 1. The topological polar surface area (TPSA) is 79.3 Å². The number of amides is 2. The van der Waals surface area contributed by atoms with Crippen LogP contribution < -0.4 is 4.74 Å². The maximum absolute atomic E-state index is 13.9. The molecule has 0 spiro atoms. The van der Waals surface area contributed by atoms with Crippen LogP contribution in [0.25, 0.3) is 0 Å². The highest BCUT2D eigenvalue weighted by Crippen LogP contribution is 2.39. The van der Waals surface area contributed by atoms with Crippen LogP contribution in [0.15, 0.2) is 48.5 Å². The van der Waals surface area contributed by atoms with Crippen molar-refractivity contribution in [3.8, 4) is 17.6 Å². The van der Waals surface area contributed by atoms with E-state index in [4.69, 9.17) is 9.47 Å². The lowest BCUT2D eigenvalue weighted by Crippen LogP contribution is -2.67. The molecular formula is C29H36N2O5. The second kappa shape index (κ2) is 11.0. The summed E-state index contributed by atoms with van der Waals surface area (Å²) in [6, 6.07) is 14.4. The van der Waals surface area contributed by atoms with Gasteiger partial charge in [-0.05, 0) is 63.4 Å². The fourth-order valence-corrected chi connectivity index (χ4v) is 4.77. The number of likely N-dealkylation sites (tertiary alicyclic amines) is 1. The van der Waals surface area contributed by atoms with Crippen molar-refractivity contribution in [3.63, 3.8) is 0 Å². The molecule has 2 aromatic rings. The van der Waals surface area contributed by atoms with Crippen molar-refractivity contribution in [3.05, 3.63) is 65.2 Å². The maximum Gasteiger partial charge on any atom is 0.408 e. The largest absolute Gasteiger partial charge is 0.497 e. The van der Waals surface area contributed by atoms with Crippen molar-refractivity contribution >= 4 is 12.0 Å². The van der Waals surface area contributed by atoms with Gasteiger partial charge in [-0.2, -0.15) is 0 Å². The van der Waals surface area contributed by atoms with Gasteiger partial charge in [0.15, 0.2) is 0 Å². The molecule has 1 N–H and O–H groups in total. The lowest BCUT2D eigenvalue weighted by atomic mass is 9.82.